The van der Waals surface area contributed by atoms with Crippen molar-refractivity contribution in [3.05, 3.63) is 60.3 Å². The van der Waals surface area contributed by atoms with Gasteiger partial charge >= 0.3 is 0 Å². The van der Waals surface area contributed by atoms with E-state index in [1.165, 1.54) is 12.1 Å². The molecule has 4 nitrogen and oxygen atoms in total. The summed E-state index contributed by atoms with van der Waals surface area (Å²) in [4.78, 5) is 4.27. The summed E-state index contributed by atoms with van der Waals surface area (Å²) >= 11 is 0. The molecule has 2 aromatic heterocycles. The van der Waals surface area contributed by atoms with E-state index in [4.69, 9.17) is 9.84 Å². The molecule has 1 atom stereocenters. The Morgan fingerprint density at radius 2 is 1.96 bits per heavy atom. The number of hydrogen-bond acceptors (Lipinski definition) is 3. The fraction of sp³-hybridized carbons (Fsp3) is 0.300. The summed E-state index contributed by atoms with van der Waals surface area (Å²) < 4.78 is 21.1. The van der Waals surface area contributed by atoms with Crippen LogP contribution >= 0.6 is 0 Å². The molecule has 1 unspecified atom stereocenters. The quantitative estimate of drug-likeness (QED) is 0.692. The molecule has 0 radical (unpaired) electrons. The summed E-state index contributed by atoms with van der Waals surface area (Å²) in [5, 5.41) is 4.79. The average Bonchev–Trinajstić information content (AvgIpc) is 3.08. The molecule has 1 aromatic carbocycles. The highest BCUT2D eigenvalue weighted by Gasteiger charge is 2.21. The van der Waals surface area contributed by atoms with Gasteiger partial charge in [-0.25, -0.2) is 9.07 Å². The third-order valence-corrected chi connectivity index (χ3v) is 4.51. The Hall–Kier alpha value is -2.53. The molecule has 1 saturated heterocycles. The zero-order valence-corrected chi connectivity index (χ0v) is 14.2. The van der Waals surface area contributed by atoms with Gasteiger partial charge in [0, 0.05) is 35.8 Å². The monoisotopic (exact) mass is 337 g/mol. The first-order chi connectivity index (χ1) is 12.2. The molecule has 0 bridgehead atoms. The van der Waals surface area contributed by atoms with Crippen LogP contribution in [0.1, 0.15) is 31.2 Å². The van der Waals surface area contributed by atoms with Gasteiger partial charge in [-0.3, -0.25) is 4.98 Å². The van der Waals surface area contributed by atoms with Crippen LogP contribution in [0.5, 0.6) is 0 Å². The molecule has 0 spiro atoms. The van der Waals surface area contributed by atoms with Crippen molar-refractivity contribution in [2.24, 2.45) is 0 Å². The largest absolute Gasteiger partial charge is 0.357 e. The molecule has 1 fully saturated rings. The number of aryl methyl sites for hydroxylation is 1. The number of rotatable bonds is 3. The van der Waals surface area contributed by atoms with Gasteiger partial charge in [-0.1, -0.05) is 0 Å². The summed E-state index contributed by atoms with van der Waals surface area (Å²) in [6.45, 7) is 2.73. The first kappa shape index (κ1) is 16.0. The summed E-state index contributed by atoms with van der Waals surface area (Å²) in [5.74, 6) is -0.250. The van der Waals surface area contributed by atoms with E-state index in [0.717, 1.165) is 53.9 Å². The molecular weight excluding hydrogens is 317 g/mol. The van der Waals surface area contributed by atoms with Gasteiger partial charge in [-0.15, -0.1) is 0 Å². The molecule has 0 aliphatic carbocycles. The lowest BCUT2D eigenvalue weighted by Crippen LogP contribution is -2.18. The summed E-state index contributed by atoms with van der Waals surface area (Å²) in [6.07, 6.45) is 6.99. The lowest BCUT2D eigenvalue weighted by Gasteiger charge is -2.22. The van der Waals surface area contributed by atoms with E-state index in [2.05, 4.69) is 4.98 Å². The van der Waals surface area contributed by atoms with Crippen LogP contribution in [0.3, 0.4) is 0 Å². The molecule has 5 heteroatoms. The average molecular weight is 337 g/mol. The summed E-state index contributed by atoms with van der Waals surface area (Å²) in [7, 11) is 0. The highest BCUT2D eigenvalue weighted by Crippen LogP contribution is 2.33. The predicted octanol–water partition coefficient (Wildman–Crippen LogP) is 4.76. The lowest BCUT2D eigenvalue weighted by molar-refractivity contribution is -0.0393. The van der Waals surface area contributed by atoms with Crippen LogP contribution in [0, 0.1) is 12.7 Å². The van der Waals surface area contributed by atoms with Crippen molar-refractivity contribution in [3.63, 3.8) is 0 Å². The Labute approximate surface area is 146 Å². The van der Waals surface area contributed by atoms with E-state index in [0.29, 0.717) is 0 Å². The van der Waals surface area contributed by atoms with Crippen molar-refractivity contribution in [1.82, 2.24) is 14.8 Å². The first-order valence-corrected chi connectivity index (χ1v) is 8.60. The molecule has 3 heterocycles. The second kappa shape index (κ2) is 6.76. The Kier molecular flexibility index (Phi) is 4.32. The number of aromatic nitrogens is 3. The fourth-order valence-corrected chi connectivity index (χ4v) is 3.22. The zero-order chi connectivity index (χ0) is 17.2. The number of hydrogen-bond donors (Lipinski definition) is 0. The van der Waals surface area contributed by atoms with Crippen LogP contribution in [0.4, 0.5) is 4.39 Å². The molecule has 3 aromatic rings. The van der Waals surface area contributed by atoms with Crippen LogP contribution in [0.2, 0.25) is 0 Å². The lowest BCUT2D eigenvalue weighted by atomic mass is 10.0. The number of benzene rings is 1. The van der Waals surface area contributed by atoms with E-state index >= 15 is 0 Å². The number of pyridine rings is 1. The fourth-order valence-electron chi connectivity index (χ4n) is 3.22. The highest BCUT2D eigenvalue weighted by molar-refractivity contribution is 5.80. The van der Waals surface area contributed by atoms with Gasteiger partial charge in [0.2, 0.25) is 0 Å². The maximum absolute atomic E-state index is 13.3. The van der Waals surface area contributed by atoms with E-state index in [1.54, 1.807) is 18.3 Å². The molecule has 25 heavy (non-hydrogen) atoms. The van der Waals surface area contributed by atoms with E-state index in [-0.39, 0.29) is 12.0 Å². The second-order valence-electron chi connectivity index (χ2n) is 6.39. The topological polar surface area (TPSA) is 39.9 Å². The molecule has 128 valence electrons. The maximum Gasteiger partial charge on any atom is 0.150 e. The Morgan fingerprint density at radius 1 is 1.12 bits per heavy atom. The molecule has 0 saturated carbocycles. The van der Waals surface area contributed by atoms with Crippen molar-refractivity contribution in [1.29, 1.82) is 0 Å². The van der Waals surface area contributed by atoms with Gasteiger partial charge in [0.05, 0.1) is 0 Å². The number of nitrogens with zero attached hydrogens (tertiary/aromatic N) is 3. The van der Waals surface area contributed by atoms with Crippen LogP contribution in [-0.2, 0) is 4.74 Å². The molecule has 1 aliphatic rings. The predicted molar refractivity (Wildman–Crippen MR) is 94.4 cm³/mol. The van der Waals surface area contributed by atoms with E-state index in [1.807, 2.05) is 29.9 Å². The smallest absolute Gasteiger partial charge is 0.150 e. The second-order valence-corrected chi connectivity index (χ2v) is 6.39. The van der Waals surface area contributed by atoms with Gasteiger partial charge in [0.25, 0.3) is 0 Å². The Morgan fingerprint density at radius 3 is 2.68 bits per heavy atom. The van der Waals surface area contributed by atoms with Crippen molar-refractivity contribution in [2.75, 3.05) is 6.61 Å². The van der Waals surface area contributed by atoms with Crippen molar-refractivity contribution in [2.45, 2.75) is 32.4 Å². The highest BCUT2D eigenvalue weighted by atomic mass is 19.1. The Bertz CT molecular complexity index is 867. The minimum Gasteiger partial charge on any atom is -0.357 e. The SMILES string of the molecule is Cc1cc(-c2cn(C3CCCCO3)nc2-c2ccc(F)cc2)ccn1. The van der Waals surface area contributed by atoms with Crippen LogP contribution < -0.4 is 0 Å². The van der Waals surface area contributed by atoms with E-state index in [9.17, 15) is 4.39 Å². The normalized spacial score (nSPS) is 17.6. The zero-order valence-electron chi connectivity index (χ0n) is 14.2. The van der Waals surface area contributed by atoms with Crippen molar-refractivity contribution < 1.29 is 9.13 Å². The molecule has 4 rings (SSSR count). The molecule has 1 aliphatic heterocycles. The number of halogens is 1. The van der Waals surface area contributed by atoms with Crippen molar-refractivity contribution in [3.8, 4) is 22.4 Å². The molecule has 0 amide bonds. The van der Waals surface area contributed by atoms with Gasteiger partial charge in [-0.2, -0.15) is 5.10 Å². The van der Waals surface area contributed by atoms with Gasteiger partial charge in [0.1, 0.15) is 17.7 Å². The van der Waals surface area contributed by atoms with Crippen molar-refractivity contribution >= 4 is 0 Å². The van der Waals surface area contributed by atoms with Gasteiger partial charge in [0.15, 0.2) is 0 Å². The van der Waals surface area contributed by atoms with Crippen LogP contribution in [0.15, 0.2) is 48.8 Å². The minimum absolute atomic E-state index is 0.0374. The minimum atomic E-state index is -0.250. The molecule has 0 N–H and O–H groups in total. The van der Waals surface area contributed by atoms with Crippen LogP contribution in [-0.4, -0.2) is 21.4 Å². The summed E-state index contributed by atoms with van der Waals surface area (Å²) in [5.41, 5.74) is 4.73. The summed E-state index contributed by atoms with van der Waals surface area (Å²) in [6, 6.07) is 10.5. The van der Waals surface area contributed by atoms with E-state index < -0.39 is 0 Å². The Balaban J connectivity index is 1.82. The third-order valence-electron chi connectivity index (χ3n) is 4.51. The van der Waals surface area contributed by atoms with Gasteiger partial charge < -0.3 is 4.74 Å². The first-order valence-electron chi connectivity index (χ1n) is 8.60. The van der Waals surface area contributed by atoms with Gasteiger partial charge in [-0.05, 0) is 68.1 Å². The molecular formula is C20H20FN3O. The maximum atomic E-state index is 13.3. The third kappa shape index (κ3) is 3.33. The number of ether oxygens (including phenoxy) is 1. The standard InChI is InChI=1S/C20H20FN3O/c1-14-12-16(9-10-22-14)18-13-24(19-4-2-3-11-25-19)23-20(18)15-5-7-17(21)8-6-15/h5-10,12-13,19H,2-4,11H2,1H3. The van der Waals surface area contributed by atoms with Crippen LogP contribution in [0.25, 0.3) is 22.4 Å².